The van der Waals surface area contributed by atoms with Crippen molar-refractivity contribution in [2.24, 2.45) is 5.92 Å². The summed E-state index contributed by atoms with van der Waals surface area (Å²) in [6, 6.07) is 8.80. The summed E-state index contributed by atoms with van der Waals surface area (Å²) in [4.78, 5) is 0. The molecule has 1 aromatic rings. The van der Waals surface area contributed by atoms with E-state index in [2.05, 4.69) is 36.5 Å². The van der Waals surface area contributed by atoms with Crippen LogP contribution in [0.15, 0.2) is 24.3 Å². The van der Waals surface area contributed by atoms with Crippen molar-refractivity contribution in [3.05, 3.63) is 35.4 Å². The van der Waals surface area contributed by atoms with Crippen LogP contribution in [0.4, 0.5) is 0 Å². The first-order valence-corrected chi connectivity index (χ1v) is 6.10. The van der Waals surface area contributed by atoms with Gasteiger partial charge in [-0.15, -0.1) is 0 Å². The van der Waals surface area contributed by atoms with Gasteiger partial charge >= 0.3 is 0 Å². The molecule has 2 heteroatoms. The molecule has 0 saturated carbocycles. The molecule has 1 aliphatic heterocycles. The van der Waals surface area contributed by atoms with Gasteiger partial charge in [0.05, 0.1) is 0 Å². The van der Waals surface area contributed by atoms with E-state index in [1.54, 1.807) is 7.11 Å². The van der Waals surface area contributed by atoms with Crippen molar-refractivity contribution in [2.75, 3.05) is 20.3 Å². The molecule has 0 bridgehead atoms. The van der Waals surface area contributed by atoms with E-state index in [0.29, 0.717) is 11.8 Å². The Hall–Kier alpha value is -0.860. The third-order valence-electron chi connectivity index (χ3n) is 3.60. The van der Waals surface area contributed by atoms with Crippen molar-refractivity contribution in [1.82, 2.24) is 5.32 Å². The monoisotopic (exact) mass is 219 g/mol. The van der Waals surface area contributed by atoms with Crippen LogP contribution in [0.5, 0.6) is 0 Å². The number of hydrogen-bond donors (Lipinski definition) is 1. The molecule has 0 aromatic heterocycles. The summed E-state index contributed by atoms with van der Waals surface area (Å²) >= 11 is 0. The van der Waals surface area contributed by atoms with Gasteiger partial charge in [-0.3, -0.25) is 0 Å². The van der Waals surface area contributed by atoms with Crippen molar-refractivity contribution in [3.8, 4) is 0 Å². The minimum Gasteiger partial charge on any atom is -0.385 e. The van der Waals surface area contributed by atoms with Crippen LogP contribution in [0.1, 0.15) is 30.4 Å². The van der Waals surface area contributed by atoms with E-state index in [1.807, 2.05) is 0 Å². The molecular weight excluding hydrogens is 198 g/mol. The third-order valence-corrected chi connectivity index (χ3v) is 3.60. The van der Waals surface area contributed by atoms with E-state index in [1.165, 1.54) is 11.1 Å². The summed E-state index contributed by atoms with van der Waals surface area (Å²) in [5.74, 6) is 1.31. The summed E-state index contributed by atoms with van der Waals surface area (Å²) in [5.41, 5.74) is 2.99. The van der Waals surface area contributed by atoms with Gasteiger partial charge in [0, 0.05) is 26.8 Å². The minimum absolute atomic E-state index is 0.639. The molecule has 0 aliphatic carbocycles. The highest BCUT2D eigenvalue weighted by molar-refractivity contribution is 5.33. The molecule has 2 unspecified atom stereocenters. The summed E-state index contributed by atoms with van der Waals surface area (Å²) in [7, 11) is 1.78. The van der Waals surface area contributed by atoms with Gasteiger partial charge in [-0.25, -0.2) is 0 Å². The van der Waals surface area contributed by atoms with Gasteiger partial charge in [-0.2, -0.15) is 0 Å². The molecular formula is C14H21NO. The normalized spacial score (nSPS) is 21.5. The van der Waals surface area contributed by atoms with Gasteiger partial charge in [0.2, 0.25) is 0 Å². The molecule has 16 heavy (non-hydrogen) atoms. The standard InChI is InChI=1S/C14H21NO/c1-11(7-8-16-2)14-10-15-9-12-5-3-4-6-13(12)14/h3-6,11,14-15H,7-10H2,1-2H3. The van der Waals surface area contributed by atoms with E-state index in [4.69, 9.17) is 4.74 Å². The number of nitrogens with one attached hydrogen (secondary N) is 1. The van der Waals surface area contributed by atoms with Crippen molar-refractivity contribution in [1.29, 1.82) is 0 Å². The Kier molecular flexibility index (Phi) is 3.97. The minimum atomic E-state index is 0.639. The number of hydrogen-bond acceptors (Lipinski definition) is 2. The lowest BCUT2D eigenvalue weighted by molar-refractivity contribution is 0.173. The average Bonchev–Trinajstić information content (AvgIpc) is 2.35. The van der Waals surface area contributed by atoms with Gasteiger partial charge < -0.3 is 10.1 Å². The van der Waals surface area contributed by atoms with Crippen molar-refractivity contribution >= 4 is 0 Å². The van der Waals surface area contributed by atoms with Crippen LogP contribution in [-0.4, -0.2) is 20.3 Å². The van der Waals surface area contributed by atoms with E-state index in [0.717, 1.165) is 26.1 Å². The van der Waals surface area contributed by atoms with Gasteiger partial charge in [-0.1, -0.05) is 31.2 Å². The van der Waals surface area contributed by atoms with Gasteiger partial charge in [0.1, 0.15) is 0 Å². The summed E-state index contributed by atoms with van der Waals surface area (Å²) in [6.45, 7) is 5.30. The van der Waals surface area contributed by atoms with Crippen LogP contribution in [0.2, 0.25) is 0 Å². The fourth-order valence-electron chi connectivity index (χ4n) is 2.54. The van der Waals surface area contributed by atoms with Crippen LogP contribution >= 0.6 is 0 Å². The predicted octanol–water partition coefficient (Wildman–Crippen LogP) is 2.55. The van der Waals surface area contributed by atoms with Crippen LogP contribution < -0.4 is 5.32 Å². The smallest absolute Gasteiger partial charge is 0.0465 e. The first kappa shape index (κ1) is 11.6. The molecule has 1 aromatic carbocycles. The number of ether oxygens (including phenoxy) is 1. The van der Waals surface area contributed by atoms with E-state index in [-0.39, 0.29) is 0 Å². The highest BCUT2D eigenvalue weighted by Crippen LogP contribution is 2.31. The molecule has 0 saturated heterocycles. The maximum Gasteiger partial charge on any atom is 0.0465 e. The van der Waals surface area contributed by atoms with Crippen molar-refractivity contribution < 1.29 is 4.74 Å². The topological polar surface area (TPSA) is 21.3 Å². The second-order valence-corrected chi connectivity index (χ2v) is 4.69. The second-order valence-electron chi connectivity index (χ2n) is 4.69. The van der Waals surface area contributed by atoms with E-state index >= 15 is 0 Å². The summed E-state index contributed by atoms with van der Waals surface area (Å²) < 4.78 is 5.17. The van der Waals surface area contributed by atoms with E-state index < -0.39 is 0 Å². The lowest BCUT2D eigenvalue weighted by Gasteiger charge is -2.31. The molecule has 0 fully saturated rings. The SMILES string of the molecule is COCCC(C)C1CNCc2ccccc21. The Labute approximate surface area is 98.0 Å². The van der Waals surface area contributed by atoms with Crippen LogP contribution in [-0.2, 0) is 11.3 Å². The average molecular weight is 219 g/mol. The number of rotatable bonds is 4. The second kappa shape index (κ2) is 5.46. The Morgan fingerprint density at radius 3 is 3.06 bits per heavy atom. The fourth-order valence-corrected chi connectivity index (χ4v) is 2.54. The predicted molar refractivity (Wildman–Crippen MR) is 66.5 cm³/mol. The molecule has 1 heterocycles. The first-order valence-electron chi connectivity index (χ1n) is 6.10. The highest BCUT2D eigenvalue weighted by Gasteiger charge is 2.24. The zero-order chi connectivity index (χ0) is 11.4. The molecule has 2 nitrogen and oxygen atoms in total. The van der Waals surface area contributed by atoms with Crippen molar-refractivity contribution in [3.63, 3.8) is 0 Å². The van der Waals surface area contributed by atoms with Crippen LogP contribution in [0.25, 0.3) is 0 Å². The molecule has 2 atom stereocenters. The molecule has 88 valence electrons. The Morgan fingerprint density at radius 1 is 1.44 bits per heavy atom. The molecule has 0 radical (unpaired) electrons. The van der Waals surface area contributed by atoms with Crippen LogP contribution in [0, 0.1) is 5.92 Å². The largest absolute Gasteiger partial charge is 0.385 e. The third kappa shape index (κ3) is 2.45. The van der Waals surface area contributed by atoms with Crippen molar-refractivity contribution in [2.45, 2.75) is 25.8 Å². The Balaban J connectivity index is 2.12. The van der Waals surface area contributed by atoms with Crippen LogP contribution in [0.3, 0.4) is 0 Å². The van der Waals surface area contributed by atoms with Gasteiger partial charge in [0.15, 0.2) is 0 Å². The lowest BCUT2D eigenvalue weighted by Crippen LogP contribution is -2.31. The molecule has 0 amide bonds. The first-order chi connectivity index (χ1) is 7.83. The zero-order valence-corrected chi connectivity index (χ0v) is 10.2. The highest BCUT2D eigenvalue weighted by atomic mass is 16.5. The van der Waals surface area contributed by atoms with E-state index in [9.17, 15) is 0 Å². The van der Waals surface area contributed by atoms with Gasteiger partial charge in [0.25, 0.3) is 0 Å². The maximum atomic E-state index is 5.17. The Morgan fingerprint density at radius 2 is 2.25 bits per heavy atom. The number of fused-ring (bicyclic) bond motifs is 1. The zero-order valence-electron chi connectivity index (χ0n) is 10.2. The maximum absolute atomic E-state index is 5.17. The molecule has 1 aliphatic rings. The number of benzene rings is 1. The summed E-state index contributed by atoms with van der Waals surface area (Å²) in [5, 5.41) is 3.51. The molecule has 2 rings (SSSR count). The lowest BCUT2D eigenvalue weighted by atomic mass is 9.81. The van der Waals surface area contributed by atoms with Gasteiger partial charge in [-0.05, 0) is 29.4 Å². The summed E-state index contributed by atoms with van der Waals surface area (Å²) in [6.07, 6.45) is 1.14. The number of methoxy groups -OCH3 is 1. The molecule has 0 spiro atoms. The fraction of sp³-hybridized carbons (Fsp3) is 0.571. The molecule has 1 N–H and O–H groups in total. The quantitative estimate of drug-likeness (QED) is 0.840. The Bertz CT molecular complexity index is 337.